The number of phenolic OH excluding ortho intramolecular Hbond substituents is 1. The molecule has 1 unspecified atom stereocenters. The van der Waals surface area contributed by atoms with Crippen LogP contribution in [0, 0.1) is 0 Å². The first-order valence-electron chi connectivity index (χ1n) is 7.60. The summed E-state index contributed by atoms with van der Waals surface area (Å²) in [5.41, 5.74) is 1.33. The highest BCUT2D eigenvalue weighted by Gasteiger charge is 2.31. The molecular formula is C17H21N3O4. The highest BCUT2D eigenvalue weighted by atomic mass is 16.3. The normalized spacial score (nSPS) is 17.8. The number of ketones is 1. The average molecular weight is 331 g/mol. The van der Waals surface area contributed by atoms with Crippen LogP contribution < -0.4 is 5.32 Å². The number of hydrogen-bond acceptors (Lipinski definition) is 6. The lowest BCUT2D eigenvalue weighted by Crippen LogP contribution is -2.52. The molecule has 24 heavy (non-hydrogen) atoms. The Morgan fingerprint density at radius 2 is 2.08 bits per heavy atom. The zero-order valence-corrected chi connectivity index (χ0v) is 13.7. The molecule has 7 nitrogen and oxygen atoms in total. The fraction of sp³-hybridized carbons (Fsp3) is 0.353. The molecule has 0 bridgehead atoms. The number of likely N-dealkylation sites (N-methyl/N-ethyl adjacent to an activating group) is 1. The number of amidine groups is 1. The molecule has 7 heteroatoms. The standard InChI is InChI=1S/C17H21N3O4/c1-11(22)9-20-16(24)8-13(19-17(20)15(10-21)18-2)7-12-3-5-14(23)6-4-12/h3-7,15,18,21,23H,8-10H2,1-2H3/b13-7-. The Labute approximate surface area is 140 Å². The van der Waals surface area contributed by atoms with Crippen LogP contribution >= 0.6 is 0 Å². The summed E-state index contributed by atoms with van der Waals surface area (Å²) >= 11 is 0. The van der Waals surface area contributed by atoms with E-state index in [1.807, 2.05) is 0 Å². The minimum Gasteiger partial charge on any atom is -0.508 e. The van der Waals surface area contributed by atoms with Gasteiger partial charge in [0, 0.05) is 0 Å². The van der Waals surface area contributed by atoms with Crippen LogP contribution in [0.2, 0.25) is 0 Å². The van der Waals surface area contributed by atoms with E-state index in [0.29, 0.717) is 11.5 Å². The maximum atomic E-state index is 12.4. The van der Waals surface area contributed by atoms with Gasteiger partial charge in [0.25, 0.3) is 0 Å². The van der Waals surface area contributed by atoms with Crippen molar-refractivity contribution in [1.29, 1.82) is 0 Å². The van der Waals surface area contributed by atoms with Gasteiger partial charge >= 0.3 is 0 Å². The fourth-order valence-electron chi connectivity index (χ4n) is 2.43. The lowest BCUT2D eigenvalue weighted by molar-refractivity contribution is -0.130. The molecule has 1 aliphatic heterocycles. The van der Waals surface area contributed by atoms with Gasteiger partial charge in [-0.3, -0.25) is 14.5 Å². The molecule has 0 radical (unpaired) electrons. The minimum atomic E-state index is -0.545. The second-order valence-electron chi connectivity index (χ2n) is 5.58. The third-order valence-corrected chi connectivity index (χ3v) is 3.62. The monoisotopic (exact) mass is 331 g/mol. The molecule has 1 aromatic rings. The van der Waals surface area contributed by atoms with E-state index in [0.717, 1.165) is 5.56 Å². The molecule has 3 N–H and O–H groups in total. The number of nitrogens with one attached hydrogen (secondary N) is 1. The predicted molar refractivity (Wildman–Crippen MR) is 90.5 cm³/mol. The third-order valence-electron chi connectivity index (χ3n) is 3.62. The molecule has 128 valence electrons. The van der Waals surface area contributed by atoms with Crippen LogP contribution in [0.25, 0.3) is 6.08 Å². The number of carbonyl (C=O) groups excluding carboxylic acids is 2. The van der Waals surface area contributed by atoms with E-state index in [9.17, 15) is 19.8 Å². The molecule has 1 atom stereocenters. The first-order valence-corrected chi connectivity index (χ1v) is 7.60. The van der Waals surface area contributed by atoms with Gasteiger partial charge in [-0.25, -0.2) is 4.99 Å². The number of rotatable bonds is 6. The van der Waals surface area contributed by atoms with Crippen LogP contribution in [0.5, 0.6) is 5.75 Å². The van der Waals surface area contributed by atoms with Gasteiger partial charge in [0.2, 0.25) is 5.91 Å². The smallest absolute Gasteiger partial charge is 0.234 e. The highest BCUT2D eigenvalue weighted by Crippen LogP contribution is 2.21. The molecule has 0 spiro atoms. The van der Waals surface area contributed by atoms with Gasteiger partial charge in [0.15, 0.2) is 0 Å². The van der Waals surface area contributed by atoms with Crippen LogP contribution in [0.15, 0.2) is 35.0 Å². The molecule has 1 heterocycles. The maximum Gasteiger partial charge on any atom is 0.234 e. The van der Waals surface area contributed by atoms with Crippen LogP contribution in [0.1, 0.15) is 18.9 Å². The fourth-order valence-corrected chi connectivity index (χ4v) is 2.43. The zero-order valence-electron chi connectivity index (χ0n) is 13.7. The lowest BCUT2D eigenvalue weighted by Gasteiger charge is -2.31. The van der Waals surface area contributed by atoms with Gasteiger partial charge < -0.3 is 15.5 Å². The van der Waals surface area contributed by atoms with Crippen molar-refractivity contribution < 1.29 is 19.8 Å². The van der Waals surface area contributed by atoms with E-state index in [2.05, 4.69) is 10.3 Å². The van der Waals surface area contributed by atoms with Crippen LogP contribution in [-0.4, -0.2) is 58.9 Å². The van der Waals surface area contributed by atoms with Crippen LogP contribution in [-0.2, 0) is 9.59 Å². The first-order chi connectivity index (χ1) is 11.4. The molecule has 0 fully saturated rings. The summed E-state index contributed by atoms with van der Waals surface area (Å²) in [7, 11) is 1.65. The Morgan fingerprint density at radius 1 is 1.42 bits per heavy atom. The van der Waals surface area contributed by atoms with Gasteiger partial charge in [0.05, 0.1) is 31.3 Å². The van der Waals surface area contributed by atoms with E-state index in [1.165, 1.54) is 11.8 Å². The van der Waals surface area contributed by atoms with E-state index in [1.54, 1.807) is 37.4 Å². The second-order valence-corrected chi connectivity index (χ2v) is 5.58. The van der Waals surface area contributed by atoms with E-state index < -0.39 is 6.04 Å². The summed E-state index contributed by atoms with van der Waals surface area (Å²) in [6, 6.07) is 5.98. The summed E-state index contributed by atoms with van der Waals surface area (Å²) in [5.74, 6) is 0.0874. The number of aromatic hydroxyl groups is 1. The molecule has 2 rings (SSSR count). The Balaban J connectivity index is 2.40. The van der Waals surface area contributed by atoms with Gasteiger partial charge in [-0.2, -0.15) is 0 Å². The molecular weight excluding hydrogens is 310 g/mol. The number of benzene rings is 1. The number of aliphatic hydroxyl groups is 1. The molecule has 1 aliphatic rings. The minimum absolute atomic E-state index is 0.0671. The van der Waals surface area contributed by atoms with Crippen LogP contribution in [0.3, 0.4) is 0 Å². The number of hydrogen-bond donors (Lipinski definition) is 3. The average Bonchev–Trinajstić information content (AvgIpc) is 2.53. The molecule has 1 aromatic carbocycles. The zero-order chi connectivity index (χ0) is 17.7. The summed E-state index contributed by atoms with van der Waals surface area (Å²) < 4.78 is 0. The quantitative estimate of drug-likeness (QED) is 0.706. The van der Waals surface area contributed by atoms with Crippen molar-refractivity contribution in [3.8, 4) is 5.75 Å². The molecule has 0 aliphatic carbocycles. The SMILES string of the molecule is CNC(CO)C1=N/C(=C\c2ccc(O)cc2)CC(=O)N1CC(C)=O. The summed E-state index contributed by atoms with van der Waals surface area (Å²) in [6.07, 6.45) is 1.81. The number of nitrogens with zero attached hydrogens (tertiary/aromatic N) is 2. The van der Waals surface area contributed by atoms with Crippen molar-refractivity contribution in [1.82, 2.24) is 10.2 Å². The largest absolute Gasteiger partial charge is 0.508 e. The van der Waals surface area contributed by atoms with Crippen molar-refractivity contribution in [2.24, 2.45) is 4.99 Å². The van der Waals surface area contributed by atoms with E-state index in [4.69, 9.17) is 0 Å². The number of carbonyl (C=O) groups is 2. The van der Waals surface area contributed by atoms with Crippen molar-refractivity contribution in [2.45, 2.75) is 19.4 Å². The third kappa shape index (κ3) is 4.27. The maximum absolute atomic E-state index is 12.4. The predicted octanol–water partition coefficient (Wildman–Crippen LogP) is 0.533. The molecule has 0 saturated heterocycles. The molecule has 1 amide bonds. The first kappa shape index (κ1) is 17.8. The molecule has 0 saturated carbocycles. The Bertz CT molecular complexity index is 676. The van der Waals surface area contributed by atoms with Gasteiger partial charge in [-0.05, 0) is 37.7 Å². The number of aliphatic imine (C=N–C) groups is 1. The second kappa shape index (κ2) is 7.85. The number of phenols is 1. The Kier molecular flexibility index (Phi) is 5.83. The summed E-state index contributed by atoms with van der Waals surface area (Å²) in [4.78, 5) is 29.7. The summed E-state index contributed by atoms with van der Waals surface area (Å²) in [6.45, 7) is 1.09. The summed E-state index contributed by atoms with van der Waals surface area (Å²) in [5, 5.41) is 21.7. The van der Waals surface area contributed by atoms with Crippen LogP contribution in [0.4, 0.5) is 0 Å². The Hall–Kier alpha value is -2.51. The van der Waals surface area contributed by atoms with Crippen molar-refractivity contribution in [2.75, 3.05) is 20.2 Å². The number of Topliss-reactive ketones (excluding diaryl/α,β-unsaturated/α-hetero) is 1. The van der Waals surface area contributed by atoms with Gasteiger partial charge in [-0.15, -0.1) is 0 Å². The van der Waals surface area contributed by atoms with E-state index in [-0.39, 0.29) is 37.0 Å². The number of aliphatic hydroxyl groups excluding tert-OH is 1. The van der Waals surface area contributed by atoms with Crippen molar-refractivity contribution >= 4 is 23.6 Å². The van der Waals surface area contributed by atoms with Gasteiger partial charge in [0.1, 0.15) is 17.4 Å². The molecule has 0 aromatic heterocycles. The topological polar surface area (TPSA) is 102 Å². The number of amides is 1. The van der Waals surface area contributed by atoms with Gasteiger partial charge in [-0.1, -0.05) is 12.1 Å². The van der Waals surface area contributed by atoms with E-state index >= 15 is 0 Å². The van der Waals surface area contributed by atoms with Crippen molar-refractivity contribution in [3.05, 3.63) is 35.5 Å². The Morgan fingerprint density at radius 3 is 2.62 bits per heavy atom. The highest BCUT2D eigenvalue weighted by molar-refractivity contribution is 6.07. The lowest BCUT2D eigenvalue weighted by atomic mass is 10.1. The van der Waals surface area contributed by atoms with Crippen molar-refractivity contribution in [3.63, 3.8) is 0 Å².